The molecule has 1 nitrogen and oxygen atoms in total. The van der Waals surface area contributed by atoms with Crippen molar-refractivity contribution in [2.24, 2.45) is 40.9 Å². The first kappa shape index (κ1) is 10.8. The number of carbonyl (C=O) groups excluding carboxylic acids is 1. The molecule has 0 aromatic heterocycles. The van der Waals surface area contributed by atoms with E-state index < -0.39 is 0 Å². The Morgan fingerprint density at radius 1 is 1.19 bits per heavy atom. The third-order valence-electron chi connectivity index (χ3n) is 6.23. The molecule has 6 atom stereocenters. The molecule has 0 bridgehead atoms. The molecule has 0 aromatic carbocycles. The van der Waals surface area contributed by atoms with Crippen LogP contribution in [-0.4, -0.2) is 5.78 Å². The molecule has 3 saturated carbocycles. The molecule has 0 heterocycles. The van der Waals surface area contributed by atoms with Gasteiger partial charge in [0.05, 0.1) is 0 Å². The van der Waals surface area contributed by atoms with Crippen LogP contribution in [0.25, 0.3) is 0 Å². The fourth-order valence-corrected chi connectivity index (χ4v) is 5.05. The minimum atomic E-state index is 0.346. The minimum absolute atomic E-state index is 0.346. The number of ketones is 1. The zero-order valence-corrected chi connectivity index (χ0v) is 11.0. The molecule has 0 N–H and O–H groups in total. The second-order valence-electron chi connectivity index (χ2n) is 7.21. The van der Waals surface area contributed by atoms with Crippen molar-refractivity contribution in [3.05, 3.63) is 0 Å². The van der Waals surface area contributed by atoms with E-state index in [9.17, 15) is 4.79 Å². The molecule has 3 aliphatic carbocycles. The Labute approximate surface area is 99.0 Å². The molecular formula is C15H24O. The van der Waals surface area contributed by atoms with Crippen LogP contribution in [0.15, 0.2) is 0 Å². The van der Waals surface area contributed by atoms with Crippen molar-refractivity contribution in [2.75, 3.05) is 0 Å². The van der Waals surface area contributed by atoms with Crippen LogP contribution in [0.1, 0.15) is 47.0 Å². The van der Waals surface area contributed by atoms with E-state index in [2.05, 4.69) is 27.7 Å². The van der Waals surface area contributed by atoms with Crippen LogP contribution in [0, 0.1) is 40.9 Å². The topological polar surface area (TPSA) is 17.1 Å². The van der Waals surface area contributed by atoms with Gasteiger partial charge >= 0.3 is 0 Å². The molecular weight excluding hydrogens is 196 g/mol. The van der Waals surface area contributed by atoms with E-state index in [4.69, 9.17) is 0 Å². The van der Waals surface area contributed by atoms with Gasteiger partial charge in [-0.1, -0.05) is 34.1 Å². The van der Waals surface area contributed by atoms with Gasteiger partial charge in [-0.15, -0.1) is 0 Å². The SMILES string of the molecule is C[C@@H]1CC[C@@H]2[C@@H]1[C@H]1[C@@H](CC(=O)[C@@H]2C)C1(C)C. The summed E-state index contributed by atoms with van der Waals surface area (Å²) in [7, 11) is 0. The van der Waals surface area contributed by atoms with E-state index in [1.54, 1.807) is 0 Å². The highest BCUT2D eigenvalue weighted by Gasteiger charge is 2.66. The normalized spacial score (nSPS) is 54.1. The maximum absolute atomic E-state index is 12.2. The van der Waals surface area contributed by atoms with Gasteiger partial charge in [-0.25, -0.2) is 0 Å². The Morgan fingerprint density at radius 3 is 2.56 bits per heavy atom. The molecule has 0 amide bonds. The van der Waals surface area contributed by atoms with Crippen LogP contribution in [-0.2, 0) is 4.79 Å². The van der Waals surface area contributed by atoms with Crippen molar-refractivity contribution in [3.8, 4) is 0 Å². The number of Topliss-reactive ketones (excluding diaryl/α,β-unsaturated/α-hetero) is 1. The predicted molar refractivity (Wildman–Crippen MR) is 64.9 cm³/mol. The summed E-state index contributed by atoms with van der Waals surface area (Å²) in [6.07, 6.45) is 3.53. The molecule has 0 spiro atoms. The summed E-state index contributed by atoms with van der Waals surface area (Å²) in [6, 6.07) is 0. The van der Waals surface area contributed by atoms with E-state index in [1.807, 2.05) is 0 Å². The third kappa shape index (κ3) is 1.21. The van der Waals surface area contributed by atoms with Crippen molar-refractivity contribution >= 4 is 5.78 Å². The van der Waals surface area contributed by atoms with Gasteiger partial charge in [-0.3, -0.25) is 4.79 Å². The molecule has 0 aromatic rings. The average molecular weight is 220 g/mol. The first-order valence-electron chi connectivity index (χ1n) is 6.97. The van der Waals surface area contributed by atoms with Crippen molar-refractivity contribution in [3.63, 3.8) is 0 Å². The molecule has 0 radical (unpaired) electrons. The second-order valence-corrected chi connectivity index (χ2v) is 7.21. The Bertz CT molecular complexity index is 330. The lowest BCUT2D eigenvalue weighted by molar-refractivity contribution is -0.124. The van der Waals surface area contributed by atoms with Crippen LogP contribution in [0.5, 0.6) is 0 Å². The summed E-state index contributed by atoms with van der Waals surface area (Å²) in [6.45, 7) is 9.37. The molecule has 0 unspecified atom stereocenters. The molecule has 90 valence electrons. The highest BCUT2D eigenvalue weighted by atomic mass is 16.1. The number of hydrogen-bond donors (Lipinski definition) is 0. The molecule has 3 aliphatic rings. The second kappa shape index (κ2) is 3.11. The third-order valence-corrected chi connectivity index (χ3v) is 6.23. The number of carbonyl (C=O) groups is 1. The Morgan fingerprint density at radius 2 is 1.88 bits per heavy atom. The summed E-state index contributed by atoms with van der Waals surface area (Å²) < 4.78 is 0. The van der Waals surface area contributed by atoms with Crippen molar-refractivity contribution < 1.29 is 4.79 Å². The summed E-state index contributed by atoms with van der Waals surface area (Å²) >= 11 is 0. The van der Waals surface area contributed by atoms with Crippen molar-refractivity contribution in [1.82, 2.24) is 0 Å². The van der Waals surface area contributed by atoms with Gasteiger partial charge in [0.2, 0.25) is 0 Å². The minimum Gasteiger partial charge on any atom is -0.299 e. The van der Waals surface area contributed by atoms with E-state index >= 15 is 0 Å². The fourth-order valence-electron chi connectivity index (χ4n) is 5.05. The summed E-state index contributed by atoms with van der Waals surface area (Å²) in [5, 5.41) is 0. The molecule has 0 aliphatic heterocycles. The van der Waals surface area contributed by atoms with Gasteiger partial charge in [0, 0.05) is 12.3 Å². The maximum Gasteiger partial charge on any atom is 0.136 e. The van der Waals surface area contributed by atoms with E-state index in [0.29, 0.717) is 29.0 Å². The number of rotatable bonds is 0. The Balaban J connectivity index is 1.96. The fraction of sp³-hybridized carbons (Fsp3) is 0.933. The van der Waals surface area contributed by atoms with Crippen molar-refractivity contribution in [2.45, 2.75) is 47.0 Å². The monoisotopic (exact) mass is 220 g/mol. The Hall–Kier alpha value is -0.330. The van der Waals surface area contributed by atoms with Crippen LogP contribution in [0.4, 0.5) is 0 Å². The largest absolute Gasteiger partial charge is 0.299 e. The lowest BCUT2D eigenvalue weighted by Crippen LogP contribution is -2.26. The van der Waals surface area contributed by atoms with Crippen LogP contribution in [0.2, 0.25) is 0 Å². The summed E-state index contributed by atoms with van der Waals surface area (Å²) in [5.74, 6) is 4.87. The van der Waals surface area contributed by atoms with E-state index in [1.165, 1.54) is 12.8 Å². The van der Waals surface area contributed by atoms with Gasteiger partial charge in [0.1, 0.15) is 5.78 Å². The molecule has 3 fully saturated rings. The molecule has 3 rings (SSSR count). The highest BCUT2D eigenvalue weighted by Crippen LogP contribution is 2.70. The van der Waals surface area contributed by atoms with E-state index in [0.717, 1.165) is 24.2 Å². The predicted octanol–water partition coefficient (Wildman–Crippen LogP) is 3.53. The molecule has 1 heteroatoms. The first-order valence-corrected chi connectivity index (χ1v) is 6.97. The summed E-state index contributed by atoms with van der Waals surface area (Å²) in [4.78, 5) is 12.2. The Kier molecular flexibility index (Phi) is 2.10. The molecule has 16 heavy (non-hydrogen) atoms. The van der Waals surface area contributed by atoms with Crippen molar-refractivity contribution in [1.29, 1.82) is 0 Å². The van der Waals surface area contributed by atoms with Gasteiger partial charge in [0.25, 0.3) is 0 Å². The number of fused-ring (bicyclic) bond motifs is 3. The number of hydrogen-bond acceptors (Lipinski definition) is 1. The average Bonchev–Trinajstić information content (AvgIpc) is 2.58. The first-order chi connectivity index (χ1) is 7.44. The van der Waals surface area contributed by atoms with Crippen LogP contribution in [0.3, 0.4) is 0 Å². The zero-order chi connectivity index (χ0) is 11.7. The standard InChI is InChI=1S/C15H24O/c1-8-5-6-10-9(2)12(16)7-11-14(13(8)10)15(11,3)4/h8-11,13-14H,5-7H2,1-4H3/t8-,9-,10+,11-,13-,14-/m1/s1. The highest BCUT2D eigenvalue weighted by molar-refractivity contribution is 5.82. The van der Waals surface area contributed by atoms with Crippen LogP contribution < -0.4 is 0 Å². The zero-order valence-electron chi connectivity index (χ0n) is 11.0. The quantitative estimate of drug-likeness (QED) is 0.610. The van der Waals surface area contributed by atoms with Gasteiger partial charge in [0.15, 0.2) is 0 Å². The maximum atomic E-state index is 12.2. The van der Waals surface area contributed by atoms with Gasteiger partial charge in [-0.2, -0.15) is 0 Å². The van der Waals surface area contributed by atoms with Crippen LogP contribution >= 0.6 is 0 Å². The molecule has 0 saturated heterocycles. The van der Waals surface area contributed by atoms with Gasteiger partial charge < -0.3 is 0 Å². The lowest BCUT2D eigenvalue weighted by Gasteiger charge is -2.27. The van der Waals surface area contributed by atoms with Gasteiger partial charge in [-0.05, 0) is 41.4 Å². The summed E-state index contributed by atoms with van der Waals surface area (Å²) in [5.41, 5.74) is 0.456. The van der Waals surface area contributed by atoms with E-state index in [-0.39, 0.29) is 0 Å². The smallest absolute Gasteiger partial charge is 0.136 e. The lowest BCUT2D eigenvalue weighted by atomic mass is 9.77.